The smallest absolute Gasteiger partial charge is 0.261 e. The van der Waals surface area contributed by atoms with Crippen LogP contribution in [-0.4, -0.2) is 40.5 Å². The van der Waals surface area contributed by atoms with Crippen molar-refractivity contribution in [2.24, 2.45) is 0 Å². The van der Waals surface area contributed by atoms with Gasteiger partial charge >= 0.3 is 0 Å². The van der Waals surface area contributed by atoms with Crippen LogP contribution in [0.3, 0.4) is 0 Å². The van der Waals surface area contributed by atoms with Crippen molar-refractivity contribution in [3.63, 3.8) is 0 Å². The number of amides is 1. The van der Waals surface area contributed by atoms with Crippen molar-refractivity contribution in [3.05, 3.63) is 54.4 Å². The Labute approximate surface area is 158 Å². The van der Waals surface area contributed by atoms with E-state index in [9.17, 15) is 4.79 Å². The van der Waals surface area contributed by atoms with Gasteiger partial charge in [0.05, 0.1) is 23.7 Å². The van der Waals surface area contributed by atoms with Gasteiger partial charge < -0.3 is 19.4 Å². The van der Waals surface area contributed by atoms with Crippen LogP contribution in [-0.2, 0) is 4.79 Å². The van der Waals surface area contributed by atoms with Gasteiger partial charge in [-0.2, -0.15) is 0 Å². The van der Waals surface area contributed by atoms with Gasteiger partial charge in [-0.15, -0.1) is 0 Å². The monoisotopic (exact) mass is 365 g/mol. The molecule has 0 aliphatic carbocycles. The molecular weight excluding hydrogens is 342 g/mol. The minimum Gasteiger partial charge on any atom is -0.490 e. The van der Waals surface area contributed by atoms with Gasteiger partial charge in [0.25, 0.3) is 5.91 Å². The van der Waals surface area contributed by atoms with Crippen molar-refractivity contribution in [1.82, 2.24) is 14.9 Å². The number of carbonyl (C=O) groups is 1. The summed E-state index contributed by atoms with van der Waals surface area (Å²) in [5, 5.41) is 0. The summed E-state index contributed by atoms with van der Waals surface area (Å²) < 4.78 is 11.3. The summed E-state index contributed by atoms with van der Waals surface area (Å²) in [6.07, 6.45) is 1.87. The van der Waals surface area contributed by atoms with Crippen LogP contribution in [0.4, 0.5) is 0 Å². The van der Waals surface area contributed by atoms with Gasteiger partial charge in [0.2, 0.25) is 0 Å². The Morgan fingerprint density at radius 2 is 1.89 bits per heavy atom. The van der Waals surface area contributed by atoms with E-state index in [1.165, 1.54) is 0 Å². The van der Waals surface area contributed by atoms with Crippen LogP contribution < -0.4 is 9.47 Å². The highest BCUT2D eigenvalue weighted by atomic mass is 16.5. The number of fused-ring (bicyclic) bond motifs is 1. The second-order valence-corrected chi connectivity index (χ2v) is 6.55. The molecule has 1 aliphatic rings. The highest BCUT2D eigenvalue weighted by molar-refractivity contribution is 5.79. The maximum absolute atomic E-state index is 12.8. The fourth-order valence-electron chi connectivity index (χ4n) is 3.55. The molecule has 4 rings (SSSR count). The minimum atomic E-state index is -0.0377. The van der Waals surface area contributed by atoms with E-state index in [1.807, 2.05) is 60.4 Å². The molecule has 2 aromatic carbocycles. The number of nitrogens with one attached hydrogen (secondary N) is 1. The van der Waals surface area contributed by atoms with Crippen LogP contribution in [0.15, 0.2) is 48.5 Å². The van der Waals surface area contributed by atoms with Crippen LogP contribution >= 0.6 is 0 Å². The first-order chi connectivity index (χ1) is 13.3. The molecule has 6 heteroatoms. The molecule has 2 heterocycles. The molecule has 1 N–H and O–H groups in total. The zero-order chi connectivity index (χ0) is 18.6. The Bertz CT molecular complexity index is 904. The number of imidazole rings is 1. The molecule has 3 aromatic rings. The number of hydrogen-bond donors (Lipinski definition) is 1. The Morgan fingerprint density at radius 3 is 2.67 bits per heavy atom. The molecule has 0 saturated carbocycles. The van der Waals surface area contributed by atoms with E-state index in [0.29, 0.717) is 18.1 Å². The maximum Gasteiger partial charge on any atom is 0.261 e. The molecule has 1 fully saturated rings. The summed E-state index contributed by atoms with van der Waals surface area (Å²) in [6.45, 7) is 3.18. The fourth-order valence-corrected chi connectivity index (χ4v) is 3.55. The summed E-state index contributed by atoms with van der Waals surface area (Å²) in [7, 11) is 0. The maximum atomic E-state index is 12.8. The molecule has 1 aromatic heterocycles. The number of benzene rings is 2. The number of rotatable bonds is 6. The molecule has 1 amide bonds. The van der Waals surface area contributed by atoms with Gasteiger partial charge in [0.1, 0.15) is 5.82 Å². The SMILES string of the molecule is CCOc1ccccc1OCC(=O)N1CCC[C@@H]1c1nc2ccccc2[nH]1. The molecule has 1 atom stereocenters. The van der Waals surface area contributed by atoms with Crippen molar-refractivity contribution in [1.29, 1.82) is 0 Å². The normalized spacial score (nSPS) is 16.6. The van der Waals surface area contributed by atoms with Gasteiger partial charge in [-0.05, 0) is 44.0 Å². The topological polar surface area (TPSA) is 67.5 Å². The number of hydrogen-bond acceptors (Lipinski definition) is 4. The Morgan fingerprint density at radius 1 is 1.15 bits per heavy atom. The Balaban J connectivity index is 1.46. The van der Waals surface area contributed by atoms with E-state index in [4.69, 9.17) is 9.47 Å². The second kappa shape index (κ2) is 7.70. The summed E-state index contributed by atoms with van der Waals surface area (Å²) >= 11 is 0. The van der Waals surface area contributed by atoms with Crippen LogP contribution in [0.1, 0.15) is 31.6 Å². The number of nitrogens with zero attached hydrogens (tertiary/aromatic N) is 2. The average molecular weight is 365 g/mol. The van der Waals surface area contributed by atoms with Gasteiger partial charge in [-0.25, -0.2) is 4.98 Å². The minimum absolute atomic E-state index is 0.0131. The van der Waals surface area contributed by atoms with Gasteiger partial charge in [0, 0.05) is 6.54 Å². The zero-order valence-corrected chi connectivity index (χ0v) is 15.4. The van der Waals surface area contributed by atoms with Crippen molar-refractivity contribution in [3.8, 4) is 11.5 Å². The third kappa shape index (κ3) is 3.60. The van der Waals surface area contributed by atoms with Gasteiger partial charge in [-0.1, -0.05) is 24.3 Å². The van der Waals surface area contributed by atoms with Gasteiger partial charge in [0.15, 0.2) is 18.1 Å². The Hall–Kier alpha value is -3.02. The fraction of sp³-hybridized carbons (Fsp3) is 0.333. The molecule has 27 heavy (non-hydrogen) atoms. The van der Waals surface area contributed by atoms with Crippen LogP contribution in [0, 0.1) is 0 Å². The number of carbonyl (C=O) groups excluding carboxylic acids is 1. The third-order valence-corrected chi connectivity index (χ3v) is 4.80. The Kier molecular flexibility index (Phi) is 4.96. The van der Waals surface area contributed by atoms with Crippen molar-refractivity contribution >= 4 is 16.9 Å². The number of ether oxygens (including phenoxy) is 2. The first-order valence-electron chi connectivity index (χ1n) is 9.35. The standard InChI is InChI=1S/C21H23N3O3/c1-2-26-18-11-5-6-12-19(18)27-14-20(25)24-13-7-10-17(24)21-22-15-8-3-4-9-16(15)23-21/h3-6,8-9,11-12,17H,2,7,10,13-14H2,1H3,(H,22,23)/t17-/m1/s1. The largest absolute Gasteiger partial charge is 0.490 e. The van der Waals surface area contributed by atoms with E-state index in [0.717, 1.165) is 36.2 Å². The number of H-pyrrole nitrogens is 1. The van der Waals surface area contributed by atoms with E-state index in [-0.39, 0.29) is 18.6 Å². The zero-order valence-electron chi connectivity index (χ0n) is 15.4. The summed E-state index contributed by atoms with van der Waals surface area (Å²) in [5.41, 5.74) is 1.92. The van der Waals surface area contributed by atoms with E-state index in [2.05, 4.69) is 9.97 Å². The molecule has 140 valence electrons. The number of aromatic amines is 1. The molecule has 0 bridgehead atoms. The van der Waals surface area contributed by atoms with Crippen molar-refractivity contribution < 1.29 is 14.3 Å². The molecule has 1 saturated heterocycles. The van der Waals surface area contributed by atoms with E-state index < -0.39 is 0 Å². The van der Waals surface area contributed by atoms with E-state index >= 15 is 0 Å². The highest BCUT2D eigenvalue weighted by Crippen LogP contribution is 2.32. The predicted molar refractivity (Wildman–Crippen MR) is 103 cm³/mol. The van der Waals surface area contributed by atoms with Crippen LogP contribution in [0.5, 0.6) is 11.5 Å². The average Bonchev–Trinajstić information content (AvgIpc) is 3.34. The predicted octanol–water partition coefficient (Wildman–Crippen LogP) is 3.70. The van der Waals surface area contributed by atoms with Crippen molar-refractivity contribution in [2.45, 2.75) is 25.8 Å². The second-order valence-electron chi connectivity index (χ2n) is 6.55. The lowest BCUT2D eigenvalue weighted by Crippen LogP contribution is -2.34. The van der Waals surface area contributed by atoms with Crippen LogP contribution in [0.25, 0.3) is 11.0 Å². The molecule has 1 aliphatic heterocycles. The first kappa shape index (κ1) is 17.4. The summed E-state index contributed by atoms with van der Waals surface area (Å²) in [4.78, 5) is 22.7. The summed E-state index contributed by atoms with van der Waals surface area (Å²) in [5.74, 6) is 2.05. The lowest BCUT2D eigenvalue weighted by Gasteiger charge is -2.23. The number of aromatic nitrogens is 2. The summed E-state index contributed by atoms with van der Waals surface area (Å²) in [6, 6.07) is 15.3. The van der Waals surface area contributed by atoms with Crippen molar-refractivity contribution in [2.75, 3.05) is 19.8 Å². The molecular formula is C21H23N3O3. The van der Waals surface area contributed by atoms with Crippen LogP contribution in [0.2, 0.25) is 0 Å². The molecule has 0 radical (unpaired) electrons. The lowest BCUT2D eigenvalue weighted by atomic mass is 10.2. The van der Waals surface area contributed by atoms with E-state index in [1.54, 1.807) is 0 Å². The highest BCUT2D eigenvalue weighted by Gasteiger charge is 2.32. The molecule has 0 unspecified atom stereocenters. The number of para-hydroxylation sites is 4. The number of likely N-dealkylation sites (tertiary alicyclic amines) is 1. The molecule has 0 spiro atoms. The molecule has 6 nitrogen and oxygen atoms in total. The lowest BCUT2D eigenvalue weighted by molar-refractivity contribution is -0.134. The first-order valence-corrected chi connectivity index (χ1v) is 9.35. The quantitative estimate of drug-likeness (QED) is 0.723. The third-order valence-electron chi connectivity index (χ3n) is 4.80. The van der Waals surface area contributed by atoms with Gasteiger partial charge in [-0.3, -0.25) is 4.79 Å².